The summed E-state index contributed by atoms with van der Waals surface area (Å²) in [6.45, 7) is 2.33. The van der Waals surface area contributed by atoms with Gasteiger partial charge < -0.3 is 4.74 Å². The summed E-state index contributed by atoms with van der Waals surface area (Å²) < 4.78 is 7.72. The van der Waals surface area contributed by atoms with E-state index in [2.05, 4.69) is 15.0 Å². The van der Waals surface area contributed by atoms with Crippen LogP contribution in [0.4, 0.5) is 5.69 Å². The van der Waals surface area contributed by atoms with E-state index in [-0.39, 0.29) is 5.69 Å². The molecule has 2 aromatic rings. The van der Waals surface area contributed by atoms with Gasteiger partial charge in [0.25, 0.3) is 5.69 Å². The largest absolute Gasteiger partial charge is 0.375 e. The van der Waals surface area contributed by atoms with Crippen LogP contribution in [0, 0.1) is 10.1 Å². The van der Waals surface area contributed by atoms with Crippen LogP contribution in [0.5, 0.6) is 0 Å². The highest BCUT2D eigenvalue weighted by atomic mass is 16.6. The van der Waals surface area contributed by atoms with Gasteiger partial charge in [-0.2, -0.15) is 0 Å². The maximum atomic E-state index is 10.9. The van der Waals surface area contributed by atoms with Crippen molar-refractivity contribution >= 4 is 5.69 Å². The van der Waals surface area contributed by atoms with Crippen LogP contribution in [0.2, 0.25) is 0 Å². The van der Waals surface area contributed by atoms with Crippen LogP contribution in [0.15, 0.2) is 30.6 Å². The zero-order valence-corrected chi connectivity index (χ0v) is 14.0. The minimum Gasteiger partial charge on any atom is -0.375 e. The summed E-state index contributed by atoms with van der Waals surface area (Å²) >= 11 is 0. The first kappa shape index (κ1) is 16.2. The fourth-order valence-corrected chi connectivity index (χ4v) is 3.79. The fraction of sp³-hybridized carbons (Fsp3) is 0.529. The van der Waals surface area contributed by atoms with Crippen LogP contribution in [-0.4, -0.2) is 49.9 Å². The molecule has 0 amide bonds. The third kappa shape index (κ3) is 3.40. The number of nitro groups is 1. The SMILES string of the molecule is O=[N+]([O-])c1cccc(-c2ncn(CN3CCOC4CCCCC43)n2)c1. The number of hydrogen-bond acceptors (Lipinski definition) is 6. The van der Waals surface area contributed by atoms with Crippen LogP contribution in [0.1, 0.15) is 25.7 Å². The number of nitro benzene ring substituents is 1. The Morgan fingerprint density at radius 1 is 1.32 bits per heavy atom. The maximum Gasteiger partial charge on any atom is 0.270 e. The van der Waals surface area contributed by atoms with Gasteiger partial charge in [-0.3, -0.25) is 15.0 Å². The van der Waals surface area contributed by atoms with Gasteiger partial charge in [-0.05, 0) is 12.8 Å². The van der Waals surface area contributed by atoms with E-state index in [4.69, 9.17) is 4.74 Å². The topological polar surface area (TPSA) is 86.3 Å². The number of benzene rings is 1. The molecule has 1 aliphatic heterocycles. The zero-order valence-electron chi connectivity index (χ0n) is 14.0. The summed E-state index contributed by atoms with van der Waals surface area (Å²) in [6.07, 6.45) is 6.82. The molecule has 0 N–H and O–H groups in total. The Morgan fingerprint density at radius 3 is 3.08 bits per heavy atom. The van der Waals surface area contributed by atoms with Crippen molar-refractivity contribution in [3.63, 3.8) is 0 Å². The van der Waals surface area contributed by atoms with E-state index in [0.29, 0.717) is 30.2 Å². The second kappa shape index (κ2) is 6.89. The number of non-ortho nitro benzene ring substituents is 1. The van der Waals surface area contributed by atoms with Crippen LogP contribution >= 0.6 is 0 Å². The predicted molar refractivity (Wildman–Crippen MR) is 90.8 cm³/mol. The van der Waals surface area contributed by atoms with E-state index in [0.717, 1.165) is 26.0 Å². The lowest BCUT2D eigenvalue weighted by molar-refractivity contribution is -0.384. The average Bonchev–Trinajstić information content (AvgIpc) is 3.11. The van der Waals surface area contributed by atoms with Gasteiger partial charge in [0.2, 0.25) is 0 Å². The summed E-state index contributed by atoms with van der Waals surface area (Å²) in [5.74, 6) is 0.511. The van der Waals surface area contributed by atoms with Crippen LogP contribution < -0.4 is 0 Å². The van der Waals surface area contributed by atoms with Crippen molar-refractivity contribution in [3.05, 3.63) is 40.7 Å². The minimum atomic E-state index is -0.405. The molecule has 25 heavy (non-hydrogen) atoms. The summed E-state index contributed by atoms with van der Waals surface area (Å²) in [5, 5.41) is 15.4. The molecule has 1 aromatic carbocycles. The molecule has 0 radical (unpaired) electrons. The maximum absolute atomic E-state index is 10.9. The van der Waals surface area contributed by atoms with E-state index in [9.17, 15) is 10.1 Å². The van der Waals surface area contributed by atoms with Crippen molar-refractivity contribution in [3.8, 4) is 11.4 Å². The lowest BCUT2D eigenvalue weighted by Gasteiger charge is -2.43. The second-order valence-corrected chi connectivity index (χ2v) is 6.63. The molecule has 132 valence electrons. The van der Waals surface area contributed by atoms with Crippen LogP contribution in [0.25, 0.3) is 11.4 Å². The molecular weight excluding hydrogens is 322 g/mol. The van der Waals surface area contributed by atoms with E-state index in [1.807, 2.05) is 4.68 Å². The van der Waals surface area contributed by atoms with E-state index in [1.54, 1.807) is 18.5 Å². The Balaban J connectivity index is 1.49. The molecule has 2 aliphatic rings. The summed E-state index contributed by atoms with van der Waals surface area (Å²) in [5.41, 5.74) is 0.706. The van der Waals surface area contributed by atoms with Gasteiger partial charge in [0, 0.05) is 30.3 Å². The highest BCUT2D eigenvalue weighted by molar-refractivity contribution is 5.58. The molecule has 0 bridgehead atoms. The first-order valence-corrected chi connectivity index (χ1v) is 8.70. The first-order valence-electron chi connectivity index (χ1n) is 8.70. The van der Waals surface area contributed by atoms with Crippen LogP contribution in [0.3, 0.4) is 0 Å². The number of hydrogen-bond donors (Lipinski definition) is 0. The molecule has 0 spiro atoms. The quantitative estimate of drug-likeness (QED) is 0.626. The molecule has 2 atom stereocenters. The van der Waals surface area contributed by atoms with Crippen LogP contribution in [-0.2, 0) is 11.4 Å². The molecular formula is C17H21N5O3. The van der Waals surface area contributed by atoms with Crippen molar-refractivity contribution in [2.24, 2.45) is 0 Å². The van der Waals surface area contributed by atoms with Crippen molar-refractivity contribution < 1.29 is 9.66 Å². The van der Waals surface area contributed by atoms with Crippen molar-refractivity contribution in [2.75, 3.05) is 13.2 Å². The van der Waals surface area contributed by atoms with Crippen molar-refractivity contribution in [1.29, 1.82) is 0 Å². The fourth-order valence-electron chi connectivity index (χ4n) is 3.79. The Morgan fingerprint density at radius 2 is 2.20 bits per heavy atom. The first-order chi connectivity index (χ1) is 12.2. The van der Waals surface area contributed by atoms with E-state index >= 15 is 0 Å². The number of fused-ring (bicyclic) bond motifs is 1. The van der Waals surface area contributed by atoms with Gasteiger partial charge in [0.1, 0.15) is 6.33 Å². The van der Waals surface area contributed by atoms with Gasteiger partial charge >= 0.3 is 0 Å². The highest BCUT2D eigenvalue weighted by Gasteiger charge is 2.34. The monoisotopic (exact) mass is 343 g/mol. The third-order valence-electron chi connectivity index (χ3n) is 5.03. The molecule has 1 saturated heterocycles. The average molecular weight is 343 g/mol. The summed E-state index contributed by atoms with van der Waals surface area (Å²) in [4.78, 5) is 17.3. The van der Waals surface area contributed by atoms with Crippen molar-refractivity contribution in [2.45, 2.75) is 44.5 Å². The molecule has 1 aliphatic carbocycles. The van der Waals surface area contributed by atoms with E-state index in [1.165, 1.54) is 25.0 Å². The van der Waals surface area contributed by atoms with Gasteiger partial charge in [0.15, 0.2) is 5.82 Å². The molecule has 2 heterocycles. The Hall–Kier alpha value is -2.32. The summed E-state index contributed by atoms with van der Waals surface area (Å²) in [7, 11) is 0. The Labute approximate surface area is 145 Å². The molecule has 4 rings (SSSR count). The molecule has 2 unspecified atom stereocenters. The second-order valence-electron chi connectivity index (χ2n) is 6.63. The smallest absolute Gasteiger partial charge is 0.270 e. The number of rotatable bonds is 4. The van der Waals surface area contributed by atoms with Gasteiger partial charge in [-0.25, -0.2) is 9.67 Å². The number of morpholine rings is 1. The molecule has 8 heteroatoms. The molecule has 2 fully saturated rings. The third-order valence-corrected chi connectivity index (χ3v) is 5.03. The standard InChI is InChI=1S/C17H21N5O3/c23-22(24)14-5-3-4-13(10-14)17-18-11-21(19-17)12-20-8-9-25-16-7-2-1-6-15(16)20/h3-5,10-11,15-16H,1-2,6-9,12H2. The Bertz CT molecular complexity index is 760. The zero-order chi connectivity index (χ0) is 17.2. The predicted octanol–water partition coefficient (Wildman–Crippen LogP) is 2.45. The molecule has 1 saturated carbocycles. The van der Waals surface area contributed by atoms with Gasteiger partial charge in [0.05, 0.1) is 24.3 Å². The lowest BCUT2D eigenvalue weighted by Crippen LogP contribution is -2.52. The number of ether oxygens (including phenoxy) is 1. The molecule has 8 nitrogen and oxygen atoms in total. The minimum absolute atomic E-state index is 0.0482. The summed E-state index contributed by atoms with van der Waals surface area (Å²) in [6, 6.07) is 6.87. The molecule has 1 aromatic heterocycles. The van der Waals surface area contributed by atoms with Gasteiger partial charge in [-0.15, -0.1) is 5.10 Å². The van der Waals surface area contributed by atoms with E-state index < -0.39 is 4.92 Å². The number of nitrogens with zero attached hydrogens (tertiary/aromatic N) is 5. The van der Waals surface area contributed by atoms with Gasteiger partial charge in [-0.1, -0.05) is 25.0 Å². The number of aromatic nitrogens is 3. The Kier molecular flexibility index (Phi) is 4.46. The normalized spacial score (nSPS) is 24.0. The highest BCUT2D eigenvalue weighted by Crippen LogP contribution is 2.28. The van der Waals surface area contributed by atoms with Crippen molar-refractivity contribution in [1.82, 2.24) is 19.7 Å². The lowest BCUT2D eigenvalue weighted by atomic mass is 9.90.